The highest BCUT2D eigenvalue weighted by molar-refractivity contribution is 5.90. The van der Waals surface area contributed by atoms with Crippen molar-refractivity contribution in [2.45, 2.75) is 12.5 Å². The zero-order valence-electron chi connectivity index (χ0n) is 12.5. The summed E-state index contributed by atoms with van der Waals surface area (Å²) in [5.41, 5.74) is 0.524. The summed E-state index contributed by atoms with van der Waals surface area (Å²) in [6.45, 7) is 0. The number of carbonyl (C=O) groups is 3. The van der Waals surface area contributed by atoms with Crippen LogP contribution < -0.4 is 4.74 Å². The average Bonchev–Trinajstić information content (AvgIpc) is 2.53. The monoisotopic (exact) mass is 324 g/mol. The summed E-state index contributed by atoms with van der Waals surface area (Å²) in [4.78, 5) is 33.6. The summed E-state index contributed by atoms with van der Waals surface area (Å²) in [6.07, 6.45) is 0.132. The Bertz CT molecular complexity index is 620. The van der Waals surface area contributed by atoms with E-state index in [4.69, 9.17) is 9.84 Å². The molecular weight excluding hydrogens is 308 g/mol. The maximum Gasteiger partial charge on any atom is 0.345 e. The Morgan fingerprint density at radius 2 is 1.96 bits per heavy atom. The van der Waals surface area contributed by atoms with Gasteiger partial charge in [-0.2, -0.15) is 0 Å². The van der Waals surface area contributed by atoms with Gasteiger partial charge in [-0.3, -0.25) is 4.79 Å². The number of phenolic OH excluding ortho intramolecular Hbond substituents is 1. The van der Waals surface area contributed by atoms with Crippen LogP contribution in [-0.4, -0.2) is 48.4 Å². The van der Waals surface area contributed by atoms with Crippen LogP contribution in [0.4, 0.5) is 0 Å². The van der Waals surface area contributed by atoms with E-state index >= 15 is 0 Å². The van der Waals surface area contributed by atoms with E-state index < -0.39 is 30.4 Å². The molecule has 0 saturated carbocycles. The van der Waals surface area contributed by atoms with Crippen molar-refractivity contribution in [3.05, 3.63) is 29.8 Å². The molecule has 0 saturated heterocycles. The number of benzene rings is 1. The Hall–Kier alpha value is -3.03. The number of aliphatic carboxylic acids is 1. The number of ether oxygens (including phenoxy) is 3. The molecule has 8 nitrogen and oxygen atoms in total. The molecule has 0 bridgehead atoms. The zero-order valence-corrected chi connectivity index (χ0v) is 12.5. The van der Waals surface area contributed by atoms with E-state index in [-0.39, 0.29) is 11.5 Å². The van der Waals surface area contributed by atoms with E-state index in [1.165, 1.54) is 31.4 Å². The number of hydrogen-bond donors (Lipinski definition) is 2. The molecule has 1 rings (SSSR count). The number of esters is 2. The molecule has 0 unspecified atom stereocenters. The first-order valence-corrected chi connectivity index (χ1v) is 6.42. The molecule has 0 aliphatic carbocycles. The lowest BCUT2D eigenvalue weighted by Gasteiger charge is -2.10. The SMILES string of the molecule is COC(=O)C[C@@H](OC(=O)/C=C/c1ccc(O)c(OC)c1)C(=O)O. The topological polar surface area (TPSA) is 119 Å². The standard InChI is InChI=1S/C15H16O8/c1-21-11-7-9(3-5-10(11)16)4-6-13(17)23-12(15(19)20)8-14(18)22-2/h3-7,12,16H,8H2,1-2H3,(H,19,20)/b6-4+/t12-/m1/s1. The van der Waals surface area contributed by atoms with Gasteiger partial charge in [-0.1, -0.05) is 6.07 Å². The fourth-order valence-electron chi connectivity index (χ4n) is 1.56. The van der Waals surface area contributed by atoms with Crippen LogP contribution in [0.3, 0.4) is 0 Å². The second kappa shape index (κ2) is 8.42. The summed E-state index contributed by atoms with van der Waals surface area (Å²) in [5, 5.41) is 18.3. The van der Waals surface area contributed by atoms with E-state index in [0.717, 1.165) is 13.2 Å². The number of phenols is 1. The average molecular weight is 324 g/mol. The number of methoxy groups -OCH3 is 2. The fourth-order valence-corrected chi connectivity index (χ4v) is 1.56. The Morgan fingerprint density at radius 1 is 1.26 bits per heavy atom. The van der Waals surface area contributed by atoms with Crippen molar-refractivity contribution in [1.29, 1.82) is 0 Å². The second-order valence-corrected chi connectivity index (χ2v) is 4.31. The van der Waals surface area contributed by atoms with Gasteiger partial charge in [-0.15, -0.1) is 0 Å². The zero-order chi connectivity index (χ0) is 17.4. The van der Waals surface area contributed by atoms with Gasteiger partial charge in [0.2, 0.25) is 6.10 Å². The van der Waals surface area contributed by atoms with Crippen molar-refractivity contribution >= 4 is 24.0 Å². The van der Waals surface area contributed by atoms with Crippen molar-refractivity contribution in [2.75, 3.05) is 14.2 Å². The van der Waals surface area contributed by atoms with Gasteiger partial charge in [0.05, 0.1) is 20.6 Å². The molecule has 8 heteroatoms. The maximum atomic E-state index is 11.6. The van der Waals surface area contributed by atoms with Gasteiger partial charge in [0.25, 0.3) is 0 Å². The van der Waals surface area contributed by atoms with Crippen molar-refractivity contribution in [3.8, 4) is 11.5 Å². The number of carbonyl (C=O) groups excluding carboxylic acids is 2. The lowest BCUT2D eigenvalue weighted by molar-refractivity contribution is -0.165. The van der Waals surface area contributed by atoms with Crippen LogP contribution in [0.25, 0.3) is 6.08 Å². The van der Waals surface area contributed by atoms with Crippen molar-refractivity contribution in [3.63, 3.8) is 0 Å². The fraction of sp³-hybridized carbons (Fsp3) is 0.267. The molecule has 1 aromatic rings. The van der Waals surface area contributed by atoms with E-state index in [0.29, 0.717) is 5.56 Å². The minimum Gasteiger partial charge on any atom is -0.504 e. The van der Waals surface area contributed by atoms with Gasteiger partial charge in [0, 0.05) is 6.08 Å². The summed E-state index contributed by atoms with van der Waals surface area (Å²) in [6, 6.07) is 4.37. The molecule has 0 aromatic heterocycles. The number of aromatic hydroxyl groups is 1. The van der Waals surface area contributed by atoms with Crippen molar-refractivity contribution in [2.24, 2.45) is 0 Å². The van der Waals surface area contributed by atoms with Crippen LogP contribution in [0.15, 0.2) is 24.3 Å². The number of carboxylic acids is 1. The summed E-state index contributed by atoms with van der Waals surface area (Å²) in [5.74, 6) is -3.04. The summed E-state index contributed by atoms with van der Waals surface area (Å²) < 4.78 is 13.9. The highest BCUT2D eigenvalue weighted by atomic mass is 16.6. The van der Waals surface area contributed by atoms with Crippen LogP contribution in [0.2, 0.25) is 0 Å². The van der Waals surface area contributed by atoms with Crippen molar-refractivity contribution in [1.82, 2.24) is 0 Å². The van der Waals surface area contributed by atoms with Gasteiger partial charge < -0.3 is 24.4 Å². The predicted octanol–water partition coefficient (Wildman–Crippen LogP) is 0.973. The van der Waals surface area contributed by atoms with Crippen LogP contribution in [0.1, 0.15) is 12.0 Å². The Balaban J connectivity index is 2.74. The van der Waals surface area contributed by atoms with Gasteiger partial charge >= 0.3 is 17.9 Å². The van der Waals surface area contributed by atoms with Gasteiger partial charge in [0.15, 0.2) is 11.5 Å². The normalized spacial score (nSPS) is 11.7. The van der Waals surface area contributed by atoms with Crippen LogP contribution in [-0.2, 0) is 23.9 Å². The smallest absolute Gasteiger partial charge is 0.345 e. The molecule has 0 radical (unpaired) electrons. The summed E-state index contributed by atoms with van der Waals surface area (Å²) >= 11 is 0. The van der Waals surface area contributed by atoms with Gasteiger partial charge in [-0.05, 0) is 23.8 Å². The Kier molecular flexibility index (Phi) is 6.60. The number of rotatable bonds is 7. The van der Waals surface area contributed by atoms with E-state index in [1.807, 2.05) is 0 Å². The molecular formula is C15H16O8. The van der Waals surface area contributed by atoms with E-state index in [2.05, 4.69) is 9.47 Å². The quantitative estimate of drug-likeness (QED) is 0.562. The van der Waals surface area contributed by atoms with Crippen molar-refractivity contribution < 1.29 is 38.8 Å². The molecule has 0 aliphatic rings. The number of hydrogen-bond acceptors (Lipinski definition) is 7. The molecule has 0 fully saturated rings. The molecule has 23 heavy (non-hydrogen) atoms. The predicted molar refractivity (Wildman–Crippen MR) is 77.8 cm³/mol. The van der Waals surface area contributed by atoms with Crippen LogP contribution >= 0.6 is 0 Å². The van der Waals surface area contributed by atoms with Gasteiger partial charge in [-0.25, -0.2) is 9.59 Å². The maximum absolute atomic E-state index is 11.6. The Labute approximate surface area is 131 Å². The second-order valence-electron chi connectivity index (χ2n) is 4.31. The third-order valence-corrected chi connectivity index (χ3v) is 2.73. The number of carboxylic acid groups (broad SMARTS) is 1. The molecule has 0 heterocycles. The minimum absolute atomic E-state index is 0.0590. The molecule has 2 N–H and O–H groups in total. The summed E-state index contributed by atoms with van der Waals surface area (Å²) in [7, 11) is 2.47. The van der Waals surface area contributed by atoms with E-state index in [9.17, 15) is 19.5 Å². The van der Waals surface area contributed by atoms with Crippen LogP contribution in [0, 0.1) is 0 Å². The Morgan fingerprint density at radius 3 is 2.52 bits per heavy atom. The van der Waals surface area contributed by atoms with Crippen LogP contribution in [0.5, 0.6) is 11.5 Å². The molecule has 124 valence electrons. The molecule has 0 aliphatic heterocycles. The molecule has 0 spiro atoms. The highest BCUT2D eigenvalue weighted by Crippen LogP contribution is 2.26. The largest absolute Gasteiger partial charge is 0.504 e. The molecule has 1 atom stereocenters. The molecule has 0 amide bonds. The minimum atomic E-state index is -1.63. The highest BCUT2D eigenvalue weighted by Gasteiger charge is 2.25. The first-order chi connectivity index (χ1) is 10.9. The van der Waals surface area contributed by atoms with E-state index in [1.54, 1.807) is 0 Å². The third-order valence-electron chi connectivity index (χ3n) is 2.73. The first kappa shape index (κ1) is 18.0. The lowest BCUT2D eigenvalue weighted by Crippen LogP contribution is -2.29. The third kappa shape index (κ3) is 5.70. The first-order valence-electron chi connectivity index (χ1n) is 6.42. The lowest BCUT2D eigenvalue weighted by atomic mass is 10.2. The van der Waals surface area contributed by atoms with Gasteiger partial charge in [0.1, 0.15) is 0 Å². The molecule has 1 aromatic carbocycles.